The second-order valence-corrected chi connectivity index (χ2v) is 5.64. The van der Waals surface area contributed by atoms with Crippen molar-refractivity contribution < 1.29 is 18.7 Å². The zero-order valence-corrected chi connectivity index (χ0v) is 13.0. The Morgan fingerprint density at radius 2 is 2.04 bits per heavy atom. The molecule has 120 valence electrons. The van der Waals surface area contributed by atoms with Gasteiger partial charge in [-0.1, -0.05) is 30.3 Å². The van der Waals surface area contributed by atoms with Crippen LogP contribution in [0.25, 0.3) is 0 Å². The van der Waals surface area contributed by atoms with Gasteiger partial charge in [0.1, 0.15) is 18.4 Å². The Morgan fingerprint density at radius 1 is 1.26 bits per heavy atom. The minimum Gasteiger partial charge on any atom is -0.469 e. The molecule has 0 unspecified atom stereocenters. The van der Waals surface area contributed by atoms with Gasteiger partial charge >= 0.3 is 5.97 Å². The van der Waals surface area contributed by atoms with Crippen molar-refractivity contribution >= 4 is 11.9 Å². The lowest BCUT2D eigenvalue weighted by Crippen LogP contribution is -2.41. The fraction of sp³-hybridized carbons (Fsp3) is 0.333. The molecular weight excluding hydrogens is 294 g/mol. The maximum Gasteiger partial charge on any atom is 0.329 e. The minimum absolute atomic E-state index is 0.171. The van der Waals surface area contributed by atoms with Gasteiger partial charge in [-0.25, -0.2) is 4.79 Å². The van der Waals surface area contributed by atoms with Crippen LogP contribution in [0.2, 0.25) is 0 Å². The summed E-state index contributed by atoms with van der Waals surface area (Å²) >= 11 is 0. The van der Waals surface area contributed by atoms with Gasteiger partial charge in [0, 0.05) is 6.54 Å². The van der Waals surface area contributed by atoms with Gasteiger partial charge in [0.2, 0.25) is 0 Å². The number of carbonyl (C=O) groups excluding carboxylic acids is 2. The normalized spacial score (nSPS) is 17.3. The van der Waals surface area contributed by atoms with E-state index < -0.39 is 6.04 Å². The zero-order chi connectivity index (χ0) is 16.2. The third-order valence-corrected chi connectivity index (χ3v) is 4.10. The second kappa shape index (κ2) is 6.69. The lowest BCUT2D eigenvalue weighted by atomic mass is 10.2. The van der Waals surface area contributed by atoms with E-state index >= 15 is 0 Å². The van der Waals surface area contributed by atoms with Crippen molar-refractivity contribution in [2.75, 3.05) is 6.54 Å². The van der Waals surface area contributed by atoms with Gasteiger partial charge in [-0.15, -0.1) is 0 Å². The molecule has 5 nitrogen and oxygen atoms in total. The van der Waals surface area contributed by atoms with E-state index in [4.69, 9.17) is 9.15 Å². The summed E-state index contributed by atoms with van der Waals surface area (Å²) in [6.07, 6.45) is 2.92. The summed E-state index contributed by atoms with van der Waals surface area (Å²) in [7, 11) is 0. The average Bonchev–Trinajstić information content (AvgIpc) is 3.22. The number of likely N-dealkylation sites (tertiary alicyclic amines) is 1. The number of ether oxygens (including phenoxy) is 1. The highest BCUT2D eigenvalue weighted by molar-refractivity contribution is 5.97. The Kier molecular flexibility index (Phi) is 4.46. The van der Waals surface area contributed by atoms with Crippen LogP contribution in [0.4, 0.5) is 0 Å². The van der Waals surface area contributed by atoms with Crippen molar-refractivity contribution in [3.8, 4) is 0 Å². The molecule has 0 bridgehead atoms. The van der Waals surface area contributed by atoms with E-state index in [1.165, 1.54) is 6.26 Å². The Balaban J connectivity index is 1.65. The van der Waals surface area contributed by atoms with Crippen LogP contribution in [0.15, 0.2) is 47.1 Å². The predicted octanol–water partition coefficient (Wildman–Crippen LogP) is 2.94. The molecular formula is C18H19NO4. The van der Waals surface area contributed by atoms with Gasteiger partial charge in [0.25, 0.3) is 5.91 Å². The molecule has 1 amide bonds. The third kappa shape index (κ3) is 3.28. The number of hydrogen-bond donors (Lipinski definition) is 0. The van der Waals surface area contributed by atoms with Crippen molar-refractivity contribution in [2.45, 2.75) is 32.4 Å². The molecule has 1 atom stereocenters. The third-order valence-electron chi connectivity index (χ3n) is 4.10. The summed E-state index contributed by atoms with van der Waals surface area (Å²) in [5.41, 5.74) is 1.44. The van der Waals surface area contributed by atoms with E-state index in [0.717, 1.165) is 12.0 Å². The Bertz CT molecular complexity index is 692. The number of carbonyl (C=O) groups is 2. The van der Waals surface area contributed by atoms with Gasteiger partial charge in [-0.3, -0.25) is 4.79 Å². The van der Waals surface area contributed by atoms with E-state index in [-0.39, 0.29) is 18.5 Å². The zero-order valence-electron chi connectivity index (χ0n) is 13.0. The molecule has 2 heterocycles. The average molecular weight is 313 g/mol. The number of nitrogens with zero attached hydrogens (tertiary/aromatic N) is 1. The number of hydrogen-bond acceptors (Lipinski definition) is 4. The number of rotatable bonds is 4. The molecule has 0 aliphatic carbocycles. The Morgan fingerprint density at radius 3 is 2.74 bits per heavy atom. The van der Waals surface area contributed by atoms with Crippen LogP contribution in [-0.4, -0.2) is 29.4 Å². The molecule has 0 spiro atoms. The van der Waals surface area contributed by atoms with Crippen molar-refractivity contribution in [3.63, 3.8) is 0 Å². The number of furan rings is 1. The first-order valence-corrected chi connectivity index (χ1v) is 7.72. The smallest absolute Gasteiger partial charge is 0.329 e. The monoisotopic (exact) mass is 313 g/mol. The second-order valence-electron chi connectivity index (χ2n) is 5.64. The largest absolute Gasteiger partial charge is 0.469 e. The van der Waals surface area contributed by atoms with Crippen molar-refractivity contribution in [1.82, 2.24) is 4.90 Å². The molecule has 3 rings (SSSR count). The van der Waals surface area contributed by atoms with Crippen LogP contribution in [0.1, 0.15) is 34.5 Å². The molecule has 1 aliphatic rings. The van der Waals surface area contributed by atoms with Gasteiger partial charge in [0.05, 0.1) is 11.8 Å². The summed E-state index contributed by atoms with van der Waals surface area (Å²) < 4.78 is 10.6. The number of esters is 1. The summed E-state index contributed by atoms with van der Waals surface area (Å²) in [4.78, 5) is 26.5. The van der Waals surface area contributed by atoms with E-state index in [1.54, 1.807) is 17.9 Å². The Labute approximate surface area is 134 Å². The van der Waals surface area contributed by atoms with Gasteiger partial charge in [-0.2, -0.15) is 0 Å². The first-order chi connectivity index (χ1) is 11.2. The van der Waals surface area contributed by atoms with Crippen LogP contribution in [0.3, 0.4) is 0 Å². The quantitative estimate of drug-likeness (QED) is 0.814. The Hall–Kier alpha value is -2.56. The number of benzene rings is 1. The first kappa shape index (κ1) is 15.3. The van der Waals surface area contributed by atoms with Gasteiger partial charge in [0.15, 0.2) is 0 Å². The lowest BCUT2D eigenvalue weighted by Gasteiger charge is -2.23. The molecule has 1 aromatic carbocycles. The van der Waals surface area contributed by atoms with Crippen LogP contribution in [0.5, 0.6) is 0 Å². The van der Waals surface area contributed by atoms with E-state index in [9.17, 15) is 9.59 Å². The van der Waals surface area contributed by atoms with Gasteiger partial charge in [-0.05, 0) is 31.4 Å². The molecule has 1 aromatic heterocycles. The molecule has 0 saturated carbocycles. The highest BCUT2D eigenvalue weighted by Gasteiger charge is 2.36. The molecule has 23 heavy (non-hydrogen) atoms. The summed E-state index contributed by atoms with van der Waals surface area (Å²) in [5.74, 6) is 0.0505. The van der Waals surface area contributed by atoms with Crippen molar-refractivity contribution in [1.29, 1.82) is 0 Å². The first-order valence-electron chi connectivity index (χ1n) is 7.72. The molecule has 5 heteroatoms. The molecule has 1 aliphatic heterocycles. The highest BCUT2D eigenvalue weighted by Crippen LogP contribution is 2.23. The van der Waals surface area contributed by atoms with E-state index in [2.05, 4.69) is 0 Å². The van der Waals surface area contributed by atoms with Crippen LogP contribution in [0, 0.1) is 6.92 Å². The van der Waals surface area contributed by atoms with Crippen LogP contribution < -0.4 is 0 Å². The lowest BCUT2D eigenvalue weighted by molar-refractivity contribution is -0.149. The predicted molar refractivity (Wildman–Crippen MR) is 83.7 cm³/mol. The van der Waals surface area contributed by atoms with Gasteiger partial charge < -0.3 is 14.1 Å². The van der Waals surface area contributed by atoms with E-state index in [0.29, 0.717) is 24.3 Å². The number of amides is 1. The SMILES string of the molecule is Cc1occc1C(=O)N1CCC[C@@H]1C(=O)OCc1ccccc1. The molecule has 1 saturated heterocycles. The topological polar surface area (TPSA) is 59.8 Å². The van der Waals surface area contributed by atoms with Crippen LogP contribution >= 0.6 is 0 Å². The molecule has 1 fully saturated rings. The highest BCUT2D eigenvalue weighted by atomic mass is 16.5. The van der Waals surface area contributed by atoms with Crippen LogP contribution in [-0.2, 0) is 16.1 Å². The van der Waals surface area contributed by atoms with Crippen molar-refractivity contribution in [3.05, 3.63) is 59.5 Å². The minimum atomic E-state index is -0.513. The molecule has 0 radical (unpaired) electrons. The summed E-state index contributed by atoms with van der Waals surface area (Å²) in [6.45, 7) is 2.53. The number of aryl methyl sites for hydroxylation is 1. The fourth-order valence-corrected chi connectivity index (χ4v) is 2.84. The molecule has 0 N–H and O–H groups in total. The van der Waals surface area contributed by atoms with E-state index in [1.807, 2.05) is 30.3 Å². The molecule has 2 aromatic rings. The standard InChI is InChI=1S/C18H19NO4/c1-13-15(9-11-22-13)17(20)19-10-5-8-16(19)18(21)23-12-14-6-3-2-4-7-14/h2-4,6-7,9,11,16H,5,8,10,12H2,1H3/t16-/m1/s1. The summed E-state index contributed by atoms with van der Waals surface area (Å²) in [6, 6.07) is 10.6. The van der Waals surface area contributed by atoms with Crippen molar-refractivity contribution in [2.24, 2.45) is 0 Å². The maximum atomic E-state index is 12.6. The summed E-state index contributed by atoms with van der Waals surface area (Å²) in [5, 5.41) is 0. The maximum absolute atomic E-state index is 12.6. The fourth-order valence-electron chi connectivity index (χ4n) is 2.84.